The minimum Gasteiger partial charge on any atom is -0.493 e. The van der Waals surface area contributed by atoms with E-state index in [1.165, 1.54) is 32.4 Å². The molecule has 1 amide bonds. The van der Waals surface area contributed by atoms with Crippen molar-refractivity contribution >= 4 is 38.9 Å². The van der Waals surface area contributed by atoms with E-state index < -0.39 is 22.5 Å². The first-order valence-electron chi connectivity index (χ1n) is 11.3. The van der Waals surface area contributed by atoms with Crippen molar-refractivity contribution in [2.45, 2.75) is 4.90 Å². The van der Waals surface area contributed by atoms with E-state index in [9.17, 15) is 13.2 Å². The quantitative estimate of drug-likeness (QED) is 0.290. The first-order valence-corrected chi connectivity index (χ1v) is 13.1. The third kappa shape index (κ3) is 5.87. The first-order chi connectivity index (χ1) is 17.8. The van der Waals surface area contributed by atoms with E-state index in [2.05, 4.69) is 5.32 Å². The molecule has 0 aromatic heterocycles. The van der Waals surface area contributed by atoms with Gasteiger partial charge in [-0.15, -0.1) is 0 Å². The molecular formula is C28H25ClN2O5S. The molecule has 0 atom stereocenters. The Labute approximate surface area is 221 Å². The number of halogens is 1. The molecule has 1 N–H and O–H groups in total. The number of nitrogens with zero attached hydrogens (tertiary/aromatic N) is 1. The van der Waals surface area contributed by atoms with Gasteiger partial charge in [0.1, 0.15) is 6.54 Å². The summed E-state index contributed by atoms with van der Waals surface area (Å²) in [5.41, 5.74) is 2.59. The number of nitrogens with one attached hydrogen (secondary N) is 1. The highest BCUT2D eigenvalue weighted by atomic mass is 35.5. The lowest BCUT2D eigenvalue weighted by molar-refractivity contribution is -0.114. The van der Waals surface area contributed by atoms with E-state index in [1.807, 2.05) is 42.5 Å². The zero-order valence-corrected chi connectivity index (χ0v) is 21.8. The standard InChI is InChI=1S/C28H25ClN2O5S/c1-35-26-17-16-23(18-27(26)36-2)37(33,34)31(22-14-12-21(29)13-15-22)19-28(32)30-25-11-7-6-10-24(25)20-8-4-3-5-9-20/h3-18H,19H2,1-2H3,(H,30,32). The average molecular weight is 537 g/mol. The number of hydrogen-bond acceptors (Lipinski definition) is 5. The summed E-state index contributed by atoms with van der Waals surface area (Å²) in [7, 11) is -1.30. The van der Waals surface area contributed by atoms with Crippen LogP contribution in [-0.2, 0) is 14.8 Å². The zero-order chi connectivity index (χ0) is 26.4. The summed E-state index contributed by atoms with van der Waals surface area (Å²) in [6.07, 6.45) is 0. The Balaban J connectivity index is 1.69. The number of para-hydroxylation sites is 1. The fourth-order valence-electron chi connectivity index (χ4n) is 3.81. The highest BCUT2D eigenvalue weighted by Gasteiger charge is 2.28. The molecule has 0 fully saturated rings. The van der Waals surface area contributed by atoms with E-state index >= 15 is 0 Å². The number of carbonyl (C=O) groups is 1. The van der Waals surface area contributed by atoms with Gasteiger partial charge in [0.05, 0.1) is 24.8 Å². The summed E-state index contributed by atoms with van der Waals surface area (Å²) in [5.74, 6) is 0.123. The van der Waals surface area contributed by atoms with Gasteiger partial charge in [0, 0.05) is 22.3 Å². The molecule has 0 bridgehead atoms. The summed E-state index contributed by atoms with van der Waals surface area (Å²) in [4.78, 5) is 13.2. The molecule has 0 spiro atoms. The molecular weight excluding hydrogens is 512 g/mol. The lowest BCUT2D eigenvalue weighted by Crippen LogP contribution is -2.38. The molecule has 0 saturated heterocycles. The van der Waals surface area contributed by atoms with Crippen molar-refractivity contribution in [3.8, 4) is 22.6 Å². The molecule has 9 heteroatoms. The van der Waals surface area contributed by atoms with E-state index in [4.69, 9.17) is 21.1 Å². The van der Waals surface area contributed by atoms with E-state index in [-0.39, 0.29) is 16.3 Å². The molecule has 7 nitrogen and oxygen atoms in total. The van der Waals surface area contributed by atoms with Crippen LogP contribution in [0, 0.1) is 0 Å². The Hall–Kier alpha value is -4.01. The van der Waals surface area contributed by atoms with E-state index in [1.54, 1.807) is 36.4 Å². The SMILES string of the molecule is COc1ccc(S(=O)(=O)N(CC(=O)Nc2ccccc2-c2ccccc2)c2ccc(Cl)cc2)cc1OC. The number of amides is 1. The molecule has 0 unspecified atom stereocenters. The largest absolute Gasteiger partial charge is 0.493 e. The number of benzene rings is 4. The predicted octanol–water partition coefficient (Wildman–Crippen LogP) is 5.86. The normalized spacial score (nSPS) is 11.0. The number of carbonyl (C=O) groups excluding carboxylic acids is 1. The second-order valence-corrected chi connectivity index (χ2v) is 10.3. The van der Waals surface area contributed by atoms with Crippen molar-refractivity contribution in [1.29, 1.82) is 0 Å². The van der Waals surface area contributed by atoms with Gasteiger partial charge < -0.3 is 14.8 Å². The zero-order valence-electron chi connectivity index (χ0n) is 20.2. The van der Waals surface area contributed by atoms with E-state index in [0.717, 1.165) is 15.4 Å². The van der Waals surface area contributed by atoms with Crippen LogP contribution in [0.25, 0.3) is 11.1 Å². The number of sulfonamides is 1. The van der Waals surface area contributed by atoms with Crippen LogP contribution in [0.3, 0.4) is 0 Å². The highest BCUT2D eigenvalue weighted by molar-refractivity contribution is 7.92. The van der Waals surface area contributed by atoms with Gasteiger partial charge in [0.25, 0.3) is 10.0 Å². The van der Waals surface area contributed by atoms with Gasteiger partial charge in [-0.25, -0.2) is 8.42 Å². The summed E-state index contributed by atoms with van der Waals surface area (Å²) < 4.78 is 39.1. The summed E-state index contributed by atoms with van der Waals surface area (Å²) >= 11 is 6.03. The van der Waals surface area contributed by atoms with Crippen molar-refractivity contribution in [1.82, 2.24) is 0 Å². The third-order valence-electron chi connectivity index (χ3n) is 5.63. The Kier molecular flexibility index (Phi) is 8.01. The van der Waals surface area contributed by atoms with Gasteiger partial charge in [0.2, 0.25) is 5.91 Å². The molecule has 0 radical (unpaired) electrons. The van der Waals surface area contributed by atoms with Crippen LogP contribution in [0.2, 0.25) is 5.02 Å². The maximum Gasteiger partial charge on any atom is 0.264 e. The van der Waals surface area contributed by atoms with Crippen molar-refractivity contribution < 1.29 is 22.7 Å². The predicted molar refractivity (Wildman–Crippen MR) is 146 cm³/mol. The van der Waals surface area contributed by atoms with Gasteiger partial charge in [-0.3, -0.25) is 9.10 Å². The lowest BCUT2D eigenvalue weighted by Gasteiger charge is -2.25. The Morgan fingerprint density at radius 3 is 2.16 bits per heavy atom. The fraction of sp³-hybridized carbons (Fsp3) is 0.107. The number of methoxy groups -OCH3 is 2. The van der Waals surface area contributed by atoms with Crippen molar-refractivity contribution in [2.75, 3.05) is 30.4 Å². The summed E-state index contributed by atoms with van der Waals surface area (Å²) in [6.45, 7) is -0.471. The number of anilines is 2. The summed E-state index contributed by atoms with van der Waals surface area (Å²) in [6, 6.07) is 27.4. The number of rotatable bonds is 9. The second kappa shape index (κ2) is 11.4. The van der Waals surface area contributed by atoms with Crippen LogP contribution in [0.1, 0.15) is 0 Å². The molecule has 0 heterocycles. The van der Waals surface area contributed by atoms with Crippen molar-refractivity contribution in [3.05, 3.63) is 102 Å². The Morgan fingerprint density at radius 1 is 0.838 bits per heavy atom. The van der Waals surface area contributed by atoms with Crippen LogP contribution >= 0.6 is 11.6 Å². The van der Waals surface area contributed by atoms with Crippen LogP contribution in [0.5, 0.6) is 11.5 Å². The molecule has 190 valence electrons. The van der Waals surface area contributed by atoms with E-state index in [0.29, 0.717) is 16.5 Å². The number of hydrogen-bond donors (Lipinski definition) is 1. The molecule has 37 heavy (non-hydrogen) atoms. The van der Waals surface area contributed by atoms with Crippen LogP contribution in [-0.4, -0.2) is 35.1 Å². The topological polar surface area (TPSA) is 84.9 Å². The maximum absolute atomic E-state index is 13.8. The Morgan fingerprint density at radius 2 is 1.49 bits per heavy atom. The summed E-state index contributed by atoms with van der Waals surface area (Å²) in [5, 5.41) is 3.31. The van der Waals surface area contributed by atoms with Crippen molar-refractivity contribution in [3.63, 3.8) is 0 Å². The highest BCUT2D eigenvalue weighted by Crippen LogP contribution is 2.33. The molecule has 0 aliphatic rings. The molecule has 0 saturated carbocycles. The Bertz CT molecular complexity index is 1490. The smallest absolute Gasteiger partial charge is 0.264 e. The van der Waals surface area contributed by atoms with Crippen molar-refractivity contribution in [2.24, 2.45) is 0 Å². The van der Waals surface area contributed by atoms with Gasteiger partial charge in [-0.05, 0) is 48.0 Å². The van der Waals surface area contributed by atoms with Crippen LogP contribution in [0.4, 0.5) is 11.4 Å². The lowest BCUT2D eigenvalue weighted by atomic mass is 10.0. The van der Waals surface area contributed by atoms with Gasteiger partial charge >= 0.3 is 0 Å². The van der Waals surface area contributed by atoms with Crippen LogP contribution < -0.4 is 19.1 Å². The van der Waals surface area contributed by atoms with Gasteiger partial charge in [-0.2, -0.15) is 0 Å². The third-order valence-corrected chi connectivity index (χ3v) is 7.65. The monoisotopic (exact) mass is 536 g/mol. The van der Waals surface area contributed by atoms with Crippen LogP contribution in [0.15, 0.2) is 102 Å². The van der Waals surface area contributed by atoms with Gasteiger partial charge in [0.15, 0.2) is 11.5 Å². The second-order valence-electron chi connectivity index (χ2n) is 7.96. The minimum absolute atomic E-state index is 0.0578. The maximum atomic E-state index is 13.8. The molecule has 4 rings (SSSR count). The van der Waals surface area contributed by atoms with Gasteiger partial charge in [-0.1, -0.05) is 60.1 Å². The average Bonchev–Trinajstić information content (AvgIpc) is 2.92. The first kappa shape index (κ1) is 26.1. The molecule has 0 aliphatic carbocycles. The molecule has 4 aromatic carbocycles. The minimum atomic E-state index is -4.18. The number of ether oxygens (including phenoxy) is 2. The fourth-order valence-corrected chi connectivity index (χ4v) is 5.37. The molecule has 4 aromatic rings. The molecule has 0 aliphatic heterocycles.